The Balaban J connectivity index is 1.19. The minimum absolute atomic E-state index is 0.0156. The number of nitrogens with one attached hydrogen (secondary N) is 2. The van der Waals surface area contributed by atoms with Crippen LogP contribution in [0.15, 0.2) is 52.9 Å². The number of fused-ring (bicyclic) bond motifs is 1. The van der Waals surface area contributed by atoms with E-state index in [4.69, 9.17) is 10.2 Å². The topological polar surface area (TPSA) is 132 Å². The van der Waals surface area contributed by atoms with Crippen molar-refractivity contribution in [3.8, 4) is 11.1 Å². The number of rotatable bonds is 6. The SMILES string of the molecule is NC1(NC(=O)C2(NC(=O)c3cc4ccc(-c5ccc(C6CCS(=O)(=O)CC6)cc5)cc4o3)CCC(F)(F)CC2)CC1. The van der Waals surface area contributed by atoms with Gasteiger partial charge in [-0.15, -0.1) is 0 Å². The van der Waals surface area contributed by atoms with Crippen LogP contribution in [-0.4, -0.2) is 48.9 Å². The summed E-state index contributed by atoms with van der Waals surface area (Å²) in [6, 6.07) is 15.2. The molecule has 8 nitrogen and oxygen atoms in total. The van der Waals surface area contributed by atoms with Crippen LogP contribution in [0.2, 0.25) is 0 Å². The van der Waals surface area contributed by atoms with Crippen molar-refractivity contribution in [2.24, 2.45) is 5.73 Å². The van der Waals surface area contributed by atoms with Crippen LogP contribution < -0.4 is 16.4 Å². The first kappa shape index (κ1) is 27.8. The molecule has 2 aliphatic carbocycles. The lowest BCUT2D eigenvalue weighted by Gasteiger charge is -2.39. The maximum Gasteiger partial charge on any atom is 0.287 e. The quantitative estimate of drug-likeness (QED) is 0.362. The van der Waals surface area contributed by atoms with Crippen LogP contribution >= 0.6 is 0 Å². The molecule has 1 aliphatic heterocycles. The van der Waals surface area contributed by atoms with E-state index < -0.39 is 51.6 Å². The highest BCUT2D eigenvalue weighted by molar-refractivity contribution is 7.91. The number of halogens is 2. The molecule has 3 aromatic rings. The molecule has 11 heteroatoms. The number of hydrogen-bond acceptors (Lipinski definition) is 6. The Hall–Kier alpha value is -3.31. The molecule has 2 amide bonds. The maximum atomic E-state index is 14.0. The van der Waals surface area contributed by atoms with Crippen molar-refractivity contribution in [2.45, 2.75) is 74.4 Å². The van der Waals surface area contributed by atoms with Gasteiger partial charge in [-0.3, -0.25) is 9.59 Å². The summed E-state index contributed by atoms with van der Waals surface area (Å²) in [4.78, 5) is 26.4. The molecule has 0 spiro atoms. The first-order valence-corrected chi connectivity index (χ1v) is 15.8. The Morgan fingerprint density at radius 1 is 0.854 bits per heavy atom. The molecular weight excluding hydrogens is 552 g/mol. The second-order valence-electron chi connectivity index (χ2n) is 11.9. The van der Waals surface area contributed by atoms with Crippen LogP contribution in [-0.2, 0) is 14.6 Å². The molecule has 1 saturated heterocycles. The number of benzene rings is 2. The average Bonchev–Trinajstić information content (AvgIpc) is 3.49. The third kappa shape index (κ3) is 5.88. The fraction of sp³-hybridized carbons (Fsp3) is 0.467. The molecule has 4 N–H and O–H groups in total. The van der Waals surface area contributed by atoms with Gasteiger partial charge in [-0.05, 0) is 73.3 Å². The number of alkyl halides is 2. The summed E-state index contributed by atoms with van der Waals surface area (Å²) >= 11 is 0. The molecule has 218 valence electrons. The van der Waals surface area contributed by atoms with Crippen LogP contribution in [0.1, 0.15) is 73.4 Å². The van der Waals surface area contributed by atoms with Gasteiger partial charge in [0.25, 0.3) is 5.91 Å². The van der Waals surface area contributed by atoms with E-state index in [2.05, 4.69) is 10.6 Å². The summed E-state index contributed by atoms with van der Waals surface area (Å²) in [6.45, 7) is 0. The van der Waals surface area contributed by atoms with E-state index in [1.54, 1.807) is 6.07 Å². The highest BCUT2D eigenvalue weighted by Gasteiger charge is 2.52. The molecule has 0 bridgehead atoms. The van der Waals surface area contributed by atoms with E-state index in [0.717, 1.165) is 16.7 Å². The fourth-order valence-electron chi connectivity index (χ4n) is 5.83. The van der Waals surface area contributed by atoms with Crippen molar-refractivity contribution < 1.29 is 31.2 Å². The van der Waals surface area contributed by atoms with E-state index in [0.29, 0.717) is 36.7 Å². The first-order valence-electron chi connectivity index (χ1n) is 14.0. The molecule has 2 saturated carbocycles. The fourth-order valence-corrected chi connectivity index (χ4v) is 7.32. The largest absolute Gasteiger partial charge is 0.451 e. The van der Waals surface area contributed by atoms with Gasteiger partial charge in [-0.25, -0.2) is 17.2 Å². The molecule has 0 unspecified atom stereocenters. The number of furan rings is 1. The third-order valence-corrected chi connectivity index (χ3v) is 10.5. The smallest absolute Gasteiger partial charge is 0.287 e. The summed E-state index contributed by atoms with van der Waals surface area (Å²) in [5, 5.41) is 6.13. The molecule has 1 aromatic heterocycles. The van der Waals surface area contributed by atoms with Gasteiger partial charge in [-0.2, -0.15) is 0 Å². The number of amides is 2. The van der Waals surface area contributed by atoms with E-state index in [1.165, 1.54) is 0 Å². The van der Waals surface area contributed by atoms with Gasteiger partial charge in [0.2, 0.25) is 11.8 Å². The second kappa shape index (κ2) is 9.90. The van der Waals surface area contributed by atoms with Gasteiger partial charge in [0.1, 0.15) is 21.0 Å². The zero-order valence-corrected chi connectivity index (χ0v) is 23.4. The van der Waals surface area contributed by atoms with Crippen LogP contribution in [0.4, 0.5) is 8.78 Å². The molecule has 2 heterocycles. The van der Waals surface area contributed by atoms with Crippen molar-refractivity contribution in [2.75, 3.05) is 11.5 Å². The predicted molar refractivity (Wildman–Crippen MR) is 150 cm³/mol. The van der Waals surface area contributed by atoms with E-state index in [-0.39, 0.29) is 36.0 Å². The van der Waals surface area contributed by atoms with Gasteiger partial charge < -0.3 is 20.8 Å². The number of hydrogen-bond donors (Lipinski definition) is 3. The second-order valence-corrected chi connectivity index (χ2v) is 14.2. The lowest BCUT2D eigenvalue weighted by molar-refractivity contribution is -0.134. The van der Waals surface area contributed by atoms with Crippen molar-refractivity contribution in [3.05, 3.63) is 59.9 Å². The molecular formula is C30H33F2N3O5S. The molecule has 2 aromatic carbocycles. The van der Waals surface area contributed by atoms with Gasteiger partial charge in [0.05, 0.1) is 17.2 Å². The van der Waals surface area contributed by atoms with Gasteiger partial charge in [0, 0.05) is 18.2 Å². The number of nitrogens with two attached hydrogens (primary N) is 1. The molecule has 41 heavy (non-hydrogen) atoms. The van der Waals surface area contributed by atoms with Crippen molar-refractivity contribution >= 4 is 32.6 Å². The minimum Gasteiger partial charge on any atom is -0.451 e. The Kier molecular flexibility index (Phi) is 6.73. The highest BCUT2D eigenvalue weighted by atomic mass is 32.2. The van der Waals surface area contributed by atoms with E-state index in [1.807, 2.05) is 42.5 Å². The van der Waals surface area contributed by atoms with Crippen LogP contribution in [0.5, 0.6) is 0 Å². The number of carbonyl (C=O) groups excluding carboxylic acids is 2. The number of carbonyl (C=O) groups is 2. The Labute approximate surface area is 237 Å². The Morgan fingerprint density at radius 2 is 1.49 bits per heavy atom. The summed E-state index contributed by atoms with van der Waals surface area (Å²) in [6.07, 6.45) is 1.01. The lowest BCUT2D eigenvalue weighted by atomic mass is 9.78. The lowest BCUT2D eigenvalue weighted by Crippen LogP contribution is -2.64. The zero-order valence-electron chi connectivity index (χ0n) is 22.5. The molecule has 0 radical (unpaired) electrons. The standard InChI is InChI=1S/C30H33F2N3O5S/c31-29(32)11-9-28(10-12-29,27(37)35-30(33)13-14-30)34-26(36)25-18-23-6-5-22(17-24(23)40-25)20-3-1-19(2-4-20)21-7-15-41(38,39)16-8-21/h1-6,17-18,21H,7-16,33H2,(H,34,36)(H,35,37). The molecule has 0 atom stereocenters. The normalized spacial score (nSPS) is 22.6. The van der Waals surface area contributed by atoms with Gasteiger partial charge in [0.15, 0.2) is 5.76 Å². The first-order chi connectivity index (χ1) is 19.3. The molecule has 6 rings (SSSR count). The third-order valence-electron chi connectivity index (χ3n) is 8.79. The maximum absolute atomic E-state index is 14.0. The zero-order chi connectivity index (χ0) is 29.0. The Bertz CT molecular complexity index is 1590. The minimum atomic E-state index is -2.92. The predicted octanol–water partition coefficient (Wildman–Crippen LogP) is 4.63. The van der Waals surface area contributed by atoms with Crippen molar-refractivity contribution in [1.82, 2.24) is 10.6 Å². The number of sulfone groups is 1. The summed E-state index contributed by atoms with van der Waals surface area (Å²) in [5.41, 5.74) is 7.10. The Morgan fingerprint density at radius 3 is 2.12 bits per heavy atom. The van der Waals surface area contributed by atoms with Crippen LogP contribution in [0, 0.1) is 0 Å². The van der Waals surface area contributed by atoms with Crippen molar-refractivity contribution in [1.29, 1.82) is 0 Å². The molecule has 3 fully saturated rings. The highest BCUT2D eigenvalue weighted by Crippen LogP contribution is 2.40. The molecule has 3 aliphatic rings. The van der Waals surface area contributed by atoms with Crippen molar-refractivity contribution in [3.63, 3.8) is 0 Å². The van der Waals surface area contributed by atoms with E-state index >= 15 is 0 Å². The summed E-state index contributed by atoms with van der Waals surface area (Å²) in [7, 11) is -2.92. The monoisotopic (exact) mass is 585 g/mol. The average molecular weight is 586 g/mol. The summed E-state index contributed by atoms with van der Waals surface area (Å²) < 4.78 is 57.3. The van der Waals surface area contributed by atoms with E-state index in [9.17, 15) is 26.8 Å². The summed E-state index contributed by atoms with van der Waals surface area (Å²) in [5.74, 6) is -3.44. The van der Waals surface area contributed by atoms with Crippen LogP contribution in [0.25, 0.3) is 22.1 Å². The van der Waals surface area contributed by atoms with Gasteiger partial charge in [-0.1, -0.05) is 36.4 Å². The van der Waals surface area contributed by atoms with Gasteiger partial charge >= 0.3 is 0 Å². The van der Waals surface area contributed by atoms with Crippen LogP contribution in [0.3, 0.4) is 0 Å².